The van der Waals surface area contributed by atoms with Crippen LogP contribution >= 0.6 is 58.0 Å². The third-order valence-electron chi connectivity index (χ3n) is 2.32. The minimum absolute atomic E-state index is 0. The summed E-state index contributed by atoms with van der Waals surface area (Å²) in [5.74, 6) is 0. The normalized spacial score (nSPS) is 10.1. The van der Waals surface area contributed by atoms with Crippen molar-refractivity contribution in [2.24, 2.45) is 0 Å². The lowest BCUT2D eigenvalue weighted by Gasteiger charge is -2.21. The Kier molecular flexibility index (Phi) is 8.95. The van der Waals surface area contributed by atoms with E-state index >= 15 is 0 Å². The largest absolute Gasteiger partial charge is 0.280 e. The van der Waals surface area contributed by atoms with Crippen molar-refractivity contribution < 1.29 is 0 Å². The van der Waals surface area contributed by atoms with Crippen molar-refractivity contribution in [3.8, 4) is 0 Å². The number of hydrogen-bond donors (Lipinski definition) is 0. The summed E-state index contributed by atoms with van der Waals surface area (Å²) in [6, 6.07) is 12.8. The van der Waals surface area contributed by atoms with Crippen LogP contribution < -0.4 is 9.24 Å². The summed E-state index contributed by atoms with van der Waals surface area (Å²) in [4.78, 5) is 0. The molecule has 3 aromatic rings. The molecule has 0 bridgehead atoms. The van der Waals surface area contributed by atoms with Gasteiger partial charge in [-0.3, -0.25) is 4.67 Å². The Morgan fingerprint density at radius 2 is 1.33 bits per heavy atom. The Morgan fingerprint density at radius 3 is 1.57 bits per heavy atom. The van der Waals surface area contributed by atoms with E-state index in [1.807, 2.05) is 40.2 Å². The number of nitrogens with zero attached hydrogens (tertiary/aromatic N) is 1. The standard InChI is InChI=1S/C10H12NPS2.C4H3BrS.CH4/c1-11(2)12(9-5-3-7-13-9)10-6-4-8-14-10;5-4-2-1-3-6-4;/h3-8H,1-2H3;1-3H;1H4. The Morgan fingerprint density at radius 1 is 0.857 bits per heavy atom. The molecule has 0 aliphatic rings. The van der Waals surface area contributed by atoms with Crippen molar-refractivity contribution in [3.63, 3.8) is 0 Å². The molecule has 0 atom stereocenters. The highest BCUT2D eigenvalue weighted by Gasteiger charge is 2.17. The minimum atomic E-state index is -0.265. The summed E-state index contributed by atoms with van der Waals surface area (Å²) < 4.78 is 6.48. The number of hydrogen-bond acceptors (Lipinski definition) is 4. The lowest BCUT2D eigenvalue weighted by Crippen LogP contribution is -2.18. The molecule has 0 aromatic carbocycles. The molecule has 0 radical (unpaired) electrons. The zero-order valence-corrected chi connectivity index (χ0v) is 16.1. The summed E-state index contributed by atoms with van der Waals surface area (Å²) >= 11 is 8.70. The van der Waals surface area contributed by atoms with Crippen molar-refractivity contribution in [2.75, 3.05) is 14.1 Å². The van der Waals surface area contributed by atoms with Crippen LogP contribution in [0.5, 0.6) is 0 Å². The van der Waals surface area contributed by atoms with Gasteiger partial charge in [0.25, 0.3) is 0 Å². The third-order valence-corrected chi connectivity index (χ3v) is 8.74. The fourth-order valence-electron chi connectivity index (χ4n) is 1.54. The van der Waals surface area contributed by atoms with Crippen molar-refractivity contribution >= 4 is 67.2 Å². The molecule has 0 aliphatic carbocycles. The van der Waals surface area contributed by atoms with Gasteiger partial charge in [0.05, 0.1) is 3.79 Å². The molecule has 0 saturated heterocycles. The van der Waals surface area contributed by atoms with E-state index in [9.17, 15) is 0 Å². The second-order valence-electron chi connectivity index (χ2n) is 3.98. The molecule has 0 saturated carbocycles. The lowest BCUT2D eigenvalue weighted by atomic mass is 10.7. The molecular weight excluding hydrogens is 401 g/mol. The van der Waals surface area contributed by atoms with Gasteiger partial charge in [0.2, 0.25) is 0 Å². The van der Waals surface area contributed by atoms with Crippen LogP contribution in [-0.2, 0) is 0 Å². The summed E-state index contributed by atoms with van der Waals surface area (Å²) in [6.07, 6.45) is 0. The van der Waals surface area contributed by atoms with Crippen molar-refractivity contribution in [2.45, 2.75) is 7.43 Å². The average Bonchev–Trinajstić information content (AvgIpc) is 3.11. The first-order valence-electron chi connectivity index (χ1n) is 5.92. The lowest BCUT2D eigenvalue weighted by molar-refractivity contribution is 0.690. The van der Waals surface area contributed by atoms with Gasteiger partial charge in [0.1, 0.15) is 0 Å². The van der Waals surface area contributed by atoms with E-state index in [1.54, 1.807) is 11.3 Å². The van der Waals surface area contributed by atoms with Crippen LogP contribution in [0.1, 0.15) is 7.43 Å². The van der Waals surface area contributed by atoms with E-state index in [-0.39, 0.29) is 15.5 Å². The van der Waals surface area contributed by atoms with E-state index in [4.69, 9.17) is 0 Å². The first kappa shape index (κ1) is 19.0. The quantitative estimate of drug-likeness (QED) is 0.480. The summed E-state index contributed by atoms with van der Waals surface area (Å²) in [7, 11) is 4.05. The molecule has 114 valence electrons. The molecule has 21 heavy (non-hydrogen) atoms. The molecule has 3 aromatic heterocycles. The summed E-state index contributed by atoms with van der Waals surface area (Å²) in [6.45, 7) is 0. The molecule has 0 spiro atoms. The highest BCUT2D eigenvalue weighted by atomic mass is 79.9. The van der Waals surface area contributed by atoms with Gasteiger partial charge in [-0.25, -0.2) is 0 Å². The van der Waals surface area contributed by atoms with Gasteiger partial charge in [-0.15, -0.1) is 34.0 Å². The molecule has 0 unspecified atom stereocenters. The topological polar surface area (TPSA) is 3.24 Å². The highest BCUT2D eigenvalue weighted by molar-refractivity contribution is 9.11. The molecule has 0 N–H and O–H groups in total. The van der Waals surface area contributed by atoms with Gasteiger partial charge in [0, 0.05) is 17.3 Å². The zero-order chi connectivity index (χ0) is 14.4. The highest BCUT2D eigenvalue weighted by Crippen LogP contribution is 2.38. The fraction of sp³-hybridized carbons (Fsp3) is 0.200. The fourth-order valence-corrected chi connectivity index (χ4v) is 7.74. The third kappa shape index (κ3) is 5.93. The average molecular weight is 420 g/mol. The van der Waals surface area contributed by atoms with Crippen LogP contribution in [-0.4, -0.2) is 18.8 Å². The SMILES string of the molecule is Brc1cccs1.C.CN(C)P(c1cccs1)c1cccs1. The van der Waals surface area contributed by atoms with Crippen LogP contribution in [0.15, 0.2) is 56.3 Å². The molecular formula is C15H19BrNPS3. The van der Waals surface area contributed by atoms with Gasteiger partial charge in [-0.1, -0.05) is 25.6 Å². The van der Waals surface area contributed by atoms with Crippen molar-refractivity contribution in [1.82, 2.24) is 4.67 Å². The predicted octanol–water partition coefficient (Wildman–Crippen LogP) is 5.87. The maximum absolute atomic E-state index is 3.30. The molecule has 1 nitrogen and oxygen atoms in total. The van der Waals surface area contributed by atoms with E-state index in [0.29, 0.717) is 0 Å². The van der Waals surface area contributed by atoms with Crippen LogP contribution in [0.3, 0.4) is 0 Å². The second kappa shape index (κ2) is 9.88. The van der Waals surface area contributed by atoms with Gasteiger partial charge in [-0.2, -0.15) is 0 Å². The Balaban J connectivity index is 0.000000267. The number of halogens is 1. The van der Waals surface area contributed by atoms with Crippen molar-refractivity contribution in [1.29, 1.82) is 0 Å². The minimum Gasteiger partial charge on any atom is -0.280 e. The molecule has 0 amide bonds. The predicted molar refractivity (Wildman–Crippen MR) is 107 cm³/mol. The molecule has 3 rings (SSSR count). The van der Waals surface area contributed by atoms with E-state index < -0.39 is 0 Å². The van der Waals surface area contributed by atoms with Gasteiger partial charge >= 0.3 is 0 Å². The first-order valence-corrected chi connectivity index (χ1v) is 10.6. The molecule has 0 aliphatic heterocycles. The van der Waals surface area contributed by atoms with Crippen LogP contribution in [0.25, 0.3) is 0 Å². The Bertz CT molecular complexity index is 542. The Labute approximate surface area is 149 Å². The van der Waals surface area contributed by atoms with Crippen LogP contribution in [0.2, 0.25) is 0 Å². The van der Waals surface area contributed by atoms with E-state index in [0.717, 1.165) is 0 Å². The summed E-state index contributed by atoms with van der Waals surface area (Å²) in [5.41, 5.74) is 0. The molecule has 0 fully saturated rings. The van der Waals surface area contributed by atoms with E-state index in [2.05, 4.69) is 69.7 Å². The smallest absolute Gasteiger partial charge is 0.0698 e. The van der Waals surface area contributed by atoms with E-state index in [1.165, 1.54) is 13.0 Å². The maximum Gasteiger partial charge on any atom is 0.0698 e. The number of rotatable bonds is 3. The molecule has 3 heterocycles. The monoisotopic (exact) mass is 419 g/mol. The van der Waals surface area contributed by atoms with Gasteiger partial charge < -0.3 is 0 Å². The second-order valence-corrected chi connectivity index (χ2v) is 11.2. The molecule has 6 heteroatoms. The van der Waals surface area contributed by atoms with Crippen molar-refractivity contribution in [3.05, 3.63) is 56.3 Å². The van der Waals surface area contributed by atoms with Gasteiger partial charge in [0.15, 0.2) is 0 Å². The Hall–Kier alpha value is -0.0300. The maximum atomic E-state index is 3.30. The van der Waals surface area contributed by atoms with Crippen LogP contribution in [0.4, 0.5) is 0 Å². The first-order chi connectivity index (χ1) is 9.68. The summed E-state index contributed by atoms with van der Waals surface area (Å²) in [5, 5.41) is 6.34. The van der Waals surface area contributed by atoms with Gasteiger partial charge in [-0.05, 0) is 64.4 Å². The zero-order valence-electron chi connectivity index (χ0n) is 11.2. The number of thiophene rings is 3. The van der Waals surface area contributed by atoms with Crippen LogP contribution in [0, 0.1) is 0 Å².